The minimum Gasteiger partial charge on any atom is -0.479 e. The molecule has 0 aromatic heterocycles. The first kappa shape index (κ1) is 12.0. The number of nitrogens with zero attached hydrogens (tertiary/aromatic N) is 1. The van der Waals surface area contributed by atoms with Crippen LogP contribution in [0.2, 0.25) is 0 Å². The Balaban J connectivity index is 2.89. The summed E-state index contributed by atoms with van der Waals surface area (Å²) >= 11 is 0. The van der Waals surface area contributed by atoms with E-state index >= 15 is 0 Å². The Kier molecular flexibility index (Phi) is 3.72. The standard InChI is InChI=1S/C11H19NO3/c1-3-6-12(8-13)11(10(14)15)5-4-9(2)7-11/h8-9H,3-7H2,1-2H3,(H,14,15). The average molecular weight is 213 g/mol. The fourth-order valence-corrected chi connectivity index (χ4v) is 2.45. The molecule has 1 aliphatic carbocycles. The van der Waals surface area contributed by atoms with E-state index in [1.165, 1.54) is 4.90 Å². The molecule has 86 valence electrons. The van der Waals surface area contributed by atoms with Crippen LogP contribution in [0, 0.1) is 5.92 Å². The fraction of sp³-hybridized carbons (Fsp3) is 0.818. The normalized spacial score (nSPS) is 30.1. The quantitative estimate of drug-likeness (QED) is 0.704. The lowest BCUT2D eigenvalue weighted by atomic mass is 9.94. The molecule has 0 bridgehead atoms. The number of hydrogen-bond acceptors (Lipinski definition) is 2. The summed E-state index contributed by atoms with van der Waals surface area (Å²) in [5.74, 6) is -0.465. The number of hydrogen-bond donors (Lipinski definition) is 1. The van der Waals surface area contributed by atoms with E-state index in [0.29, 0.717) is 31.7 Å². The summed E-state index contributed by atoms with van der Waals surface area (Å²) < 4.78 is 0. The van der Waals surface area contributed by atoms with E-state index in [4.69, 9.17) is 0 Å². The van der Waals surface area contributed by atoms with E-state index in [0.717, 1.165) is 12.8 Å². The third-order valence-electron chi connectivity index (χ3n) is 3.28. The van der Waals surface area contributed by atoms with E-state index < -0.39 is 11.5 Å². The van der Waals surface area contributed by atoms with Crippen molar-refractivity contribution in [1.82, 2.24) is 4.90 Å². The first-order chi connectivity index (χ1) is 7.06. The third kappa shape index (κ3) is 2.13. The van der Waals surface area contributed by atoms with Gasteiger partial charge in [0.15, 0.2) is 0 Å². The molecule has 0 spiro atoms. The molecule has 1 amide bonds. The van der Waals surface area contributed by atoms with Crippen molar-refractivity contribution in [2.75, 3.05) is 6.54 Å². The lowest BCUT2D eigenvalue weighted by Gasteiger charge is -2.35. The van der Waals surface area contributed by atoms with Crippen molar-refractivity contribution in [1.29, 1.82) is 0 Å². The van der Waals surface area contributed by atoms with E-state index in [2.05, 4.69) is 0 Å². The van der Waals surface area contributed by atoms with Crippen molar-refractivity contribution in [3.05, 3.63) is 0 Å². The van der Waals surface area contributed by atoms with Crippen LogP contribution in [0.5, 0.6) is 0 Å². The van der Waals surface area contributed by atoms with Crippen molar-refractivity contribution in [2.45, 2.75) is 45.1 Å². The van der Waals surface area contributed by atoms with Gasteiger partial charge in [-0.05, 0) is 31.6 Å². The fourth-order valence-electron chi connectivity index (χ4n) is 2.45. The second kappa shape index (κ2) is 4.64. The third-order valence-corrected chi connectivity index (χ3v) is 3.28. The average Bonchev–Trinajstić information content (AvgIpc) is 2.58. The molecule has 0 aliphatic heterocycles. The molecule has 1 N–H and O–H groups in total. The topological polar surface area (TPSA) is 57.6 Å². The first-order valence-corrected chi connectivity index (χ1v) is 5.52. The zero-order valence-electron chi connectivity index (χ0n) is 9.40. The number of aliphatic carboxylic acids is 1. The Morgan fingerprint density at radius 3 is 2.67 bits per heavy atom. The highest BCUT2D eigenvalue weighted by Gasteiger charge is 2.48. The summed E-state index contributed by atoms with van der Waals surface area (Å²) in [6, 6.07) is 0. The second-order valence-corrected chi connectivity index (χ2v) is 4.48. The van der Waals surface area contributed by atoms with Crippen LogP contribution in [0.1, 0.15) is 39.5 Å². The zero-order valence-corrected chi connectivity index (χ0v) is 9.40. The minimum absolute atomic E-state index is 0.389. The summed E-state index contributed by atoms with van der Waals surface area (Å²) in [4.78, 5) is 23.8. The predicted octanol–water partition coefficient (Wildman–Crippen LogP) is 1.50. The molecule has 1 saturated carbocycles. The Labute approximate surface area is 90.3 Å². The number of carboxylic acids is 1. The number of carbonyl (C=O) groups is 2. The maximum absolute atomic E-state index is 11.3. The molecule has 2 unspecified atom stereocenters. The van der Waals surface area contributed by atoms with Crippen LogP contribution in [0.4, 0.5) is 0 Å². The lowest BCUT2D eigenvalue weighted by Crippen LogP contribution is -2.52. The Morgan fingerprint density at radius 1 is 1.67 bits per heavy atom. The first-order valence-electron chi connectivity index (χ1n) is 5.52. The predicted molar refractivity (Wildman–Crippen MR) is 56.4 cm³/mol. The van der Waals surface area contributed by atoms with Gasteiger partial charge in [0.25, 0.3) is 0 Å². The SMILES string of the molecule is CCCN(C=O)C1(C(=O)O)CCC(C)C1. The van der Waals surface area contributed by atoms with Gasteiger partial charge >= 0.3 is 5.97 Å². The Hall–Kier alpha value is -1.06. The molecule has 4 heteroatoms. The van der Waals surface area contributed by atoms with Crippen LogP contribution in [0.3, 0.4) is 0 Å². The molecule has 15 heavy (non-hydrogen) atoms. The Morgan fingerprint density at radius 2 is 2.33 bits per heavy atom. The molecule has 1 aliphatic rings. The van der Waals surface area contributed by atoms with Crippen LogP contribution in [-0.2, 0) is 9.59 Å². The largest absolute Gasteiger partial charge is 0.479 e. The van der Waals surface area contributed by atoms with Crippen LogP contribution >= 0.6 is 0 Å². The summed E-state index contributed by atoms with van der Waals surface area (Å²) in [6.07, 6.45) is 3.54. The van der Waals surface area contributed by atoms with Gasteiger partial charge in [0, 0.05) is 6.54 Å². The highest BCUT2D eigenvalue weighted by molar-refractivity contribution is 5.82. The molecular weight excluding hydrogens is 194 g/mol. The highest BCUT2D eigenvalue weighted by atomic mass is 16.4. The maximum Gasteiger partial charge on any atom is 0.329 e. The van der Waals surface area contributed by atoms with Crippen molar-refractivity contribution in [2.24, 2.45) is 5.92 Å². The lowest BCUT2D eigenvalue weighted by molar-refractivity contribution is -0.155. The van der Waals surface area contributed by atoms with Gasteiger partial charge in [0.1, 0.15) is 5.54 Å². The smallest absolute Gasteiger partial charge is 0.329 e. The number of amides is 1. The van der Waals surface area contributed by atoms with Crippen LogP contribution in [-0.4, -0.2) is 34.5 Å². The molecule has 4 nitrogen and oxygen atoms in total. The molecule has 0 radical (unpaired) electrons. The van der Waals surface area contributed by atoms with Crippen molar-refractivity contribution >= 4 is 12.4 Å². The number of rotatable bonds is 5. The zero-order chi connectivity index (χ0) is 11.5. The highest BCUT2D eigenvalue weighted by Crippen LogP contribution is 2.38. The summed E-state index contributed by atoms with van der Waals surface area (Å²) in [6.45, 7) is 4.52. The molecule has 0 heterocycles. The van der Waals surface area contributed by atoms with Gasteiger partial charge in [-0.15, -0.1) is 0 Å². The molecule has 1 fully saturated rings. The van der Waals surface area contributed by atoms with Crippen molar-refractivity contribution < 1.29 is 14.7 Å². The molecule has 2 atom stereocenters. The molecule has 0 aromatic rings. The van der Waals surface area contributed by atoms with Crippen molar-refractivity contribution in [3.63, 3.8) is 0 Å². The van der Waals surface area contributed by atoms with Gasteiger partial charge in [0.05, 0.1) is 0 Å². The van der Waals surface area contributed by atoms with Gasteiger partial charge in [-0.2, -0.15) is 0 Å². The van der Waals surface area contributed by atoms with E-state index in [-0.39, 0.29) is 0 Å². The molecule has 0 aromatic carbocycles. The second-order valence-electron chi connectivity index (χ2n) is 4.48. The summed E-state index contributed by atoms with van der Waals surface area (Å²) in [5, 5.41) is 9.31. The molecule has 0 saturated heterocycles. The Bertz CT molecular complexity index is 254. The summed E-state index contributed by atoms with van der Waals surface area (Å²) in [7, 11) is 0. The maximum atomic E-state index is 11.3. The molecular formula is C11H19NO3. The minimum atomic E-state index is -0.933. The van der Waals surface area contributed by atoms with Gasteiger partial charge in [-0.1, -0.05) is 13.8 Å². The number of carbonyl (C=O) groups excluding carboxylic acids is 1. The van der Waals surface area contributed by atoms with Crippen LogP contribution in [0.15, 0.2) is 0 Å². The summed E-state index contributed by atoms with van der Waals surface area (Å²) in [5.41, 5.74) is -0.933. The van der Waals surface area contributed by atoms with Crippen molar-refractivity contribution in [3.8, 4) is 0 Å². The van der Waals surface area contributed by atoms with Crippen LogP contribution < -0.4 is 0 Å². The van der Waals surface area contributed by atoms with Gasteiger partial charge < -0.3 is 10.0 Å². The van der Waals surface area contributed by atoms with E-state index in [1.807, 2.05) is 13.8 Å². The van der Waals surface area contributed by atoms with E-state index in [9.17, 15) is 14.7 Å². The van der Waals surface area contributed by atoms with Gasteiger partial charge in [-0.25, -0.2) is 4.79 Å². The number of carboxylic acid groups (broad SMARTS) is 1. The van der Waals surface area contributed by atoms with Crippen LogP contribution in [0.25, 0.3) is 0 Å². The molecule has 1 rings (SSSR count). The van der Waals surface area contributed by atoms with Gasteiger partial charge in [-0.3, -0.25) is 4.79 Å². The van der Waals surface area contributed by atoms with Gasteiger partial charge in [0.2, 0.25) is 6.41 Å². The monoisotopic (exact) mass is 213 g/mol. The van der Waals surface area contributed by atoms with E-state index in [1.54, 1.807) is 0 Å².